The number of halogens is 2. The number of benzene rings is 2. The molecule has 0 spiro atoms. The molecule has 27 heavy (non-hydrogen) atoms. The first-order chi connectivity index (χ1) is 12.8. The minimum absolute atomic E-state index is 0.0309. The number of anilines is 2. The Morgan fingerprint density at radius 1 is 1.04 bits per heavy atom. The van der Waals surface area contributed by atoms with E-state index in [2.05, 4.69) is 10.6 Å². The van der Waals surface area contributed by atoms with Crippen molar-refractivity contribution in [2.24, 2.45) is 0 Å². The number of nitro groups is 1. The SMILES string of the molecule is CN(CC(=O)Nc1ccccc1Cl)CC(=O)Nc1ccc(Cl)cc1[N+](=O)[O-]. The van der Waals surface area contributed by atoms with Crippen LogP contribution in [0.15, 0.2) is 42.5 Å². The molecule has 0 aliphatic rings. The number of nitrogens with one attached hydrogen (secondary N) is 2. The van der Waals surface area contributed by atoms with Crippen molar-refractivity contribution in [1.29, 1.82) is 0 Å². The molecule has 0 atom stereocenters. The number of carbonyl (C=O) groups is 2. The molecule has 2 N–H and O–H groups in total. The zero-order chi connectivity index (χ0) is 20.0. The van der Waals surface area contributed by atoms with Gasteiger partial charge in [0.15, 0.2) is 0 Å². The Kier molecular flexibility index (Phi) is 7.12. The fourth-order valence-corrected chi connectivity index (χ4v) is 2.60. The predicted molar refractivity (Wildman–Crippen MR) is 104 cm³/mol. The van der Waals surface area contributed by atoms with Crippen LogP contribution < -0.4 is 10.6 Å². The third-order valence-electron chi connectivity index (χ3n) is 3.41. The first kappa shape index (κ1) is 20.6. The van der Waals surface area contributed by atoms with E-state index in [9.17, 15) is 19.7 Å². The van der Waals surface area contributed by atoms with Gasteiger partial charge in [0, 0.05) is 11.1 Å². The predicted octanol–water partition coefficient (Wildman–Crippen LogP) is 3.41. The van der Waals surface area contributed by atoms with Crippen LogP contribution in [0.4, 0.5) is 17.1 Å². The summed E-state index contributed by atoms with van der Waals surface area (Å²) in [5.74, 6) is -0.857. The van der Waals surface area contributed by atoms with Gasteiger partial charge in [0.25, 0.3) is 5.69 Å². The summed E-state index contributed by atoms with van der Waals surface area (Å²) in [6.07, 6.45) is 0. The molecule has 8 nitrogen and oxygen atoms in total. The van der Waals surface area contributed by atoms with E-state index in [1.807, 2.05) is 0 Å². The van der Waals surface area contributed by atoms with E-state index in [0.29, 0.717) is 10.7 Å². The third-order valence-corrected chi connectivity index (χ3v) is 3.97. The normalized spacial score (nSPS) is 10.5. The lowest BCUT2D eigenvalue weighted by molar-refractivity contribution is -0.383. The van der Waals surface area contributed by atoms with Gasteiger partial charge in [-0.25, -0.2) is 0 Å². The summed E-state index contributed by atoms with van der Waals surface area (Å²) in [4.78, 5) is 36.0. The molecule has 2 amide bonds. The van der Waals surface area contributed by atoms with Crippen molar-refractivity contribution < 1.29 is 14.5 Å². The van der Waals surface area contributed by atoms with E-state index in [1.165, 1.54) is 17.0 Å². The maximum Gasteiger partial charge on any atom is 0.294 e. The molecule has 0 saturated heterocycles. The monoisotopic (exact) mass is 410 g/mol. The number of rotatable bonds is 7. The van der Waals surface area contributed by atoms with Crippen LogP contribution in [-0.4, -0.2) is 41.8 Å². The van der Waals surface area contributed by atoms with E-state index in [-0.39, 0.29) is 35.4 Å². The van der Waals surface area contributed by atoms with Gasteiger partial charge in [0.05, 0.1) is 28.7 Å². The highest BCUT2D eigenvalue weighted by Gasteiger charge is 2.18. The fourth-order valence-electron chi connectivity index (χ4n) is 2.25. The van der Waals surface area contributed by atoms with E-state index in [4.69, 9.17) is 23.2 Å². The molecule has 2 aromatic carbocycles. The third kappa shape index (κ3) is 6.21. The number of carbonyl (C=O) groups excluding carboxylic acids is 2. The molecule has 0 aliphatic carbocycles. The van der Waals surface area contributed by atoms with Gasteiger partial charge in [0.1, 0.15) is 5.69 Å². The largest absolute Gasteiger partial charge is 0.324 e. The average Bonchev–Trinajstić information content (AvgIpc) is 2.58. The van der Waals surface area contributed by atoms with Crippen LogP contribution >= 0.6 is 23.2 Å². The minimum atomic E-state index is -0.637. The molecule has 0 fully saturated rings. The molecule has 2 aromatic rings. The van der Waals surface area contributed by atoms with Crippen LogP contribution in [0.1, 0.15) is 0 Å². The second kappa shape index (κ2) is 9.31. The van der Waals surface area contributed by atoms with Gasteiger partial charge in [-0.15, -0.1) is 0 Å². The molecular formula is C17H16Cl2N4O4. The van der Waals surface area contributed by atoms with Crippen molar-refractivity contribution in [2.75, 3.05) is 30.8 Å². The van der Waals surface area contributed by atoms with Gasteiger partial charge in [0.2, 0.25) is 11.8 Å². The zero-order valence-electron chi connectivity index (χ0n) is 14.2. The Labute approximate surface area is 165 Å². The Morgan fingerprint density at radius 2 is 1.63 bits per heavy atom. The molecule has 142 valence electrons. The van der Waals surface area contributed by atoms with Crippen molar-refractivity contribution in [2.45, 2.75) is 0 Å². The summed E-state index contributed by atoms with van der Waals surface area (Å²) < 4.78 is 0. The number of para-hydroxylation sites is 1. The lowest BCUT2D eigenvalue weighted by Gasteiger charge is -2.16. The summed E-state index contributed by atoms with van der Waals surface area (Å²) in [6.45, 7) is -0.211. The molecule has 10 heteroatoms. The minimum Gasteiger partial charge on any atom is -0.324 e. The van der Waals surface area contributed by atoms with Crippen LogP contribution in [0.2, 0.25) is 10.0 Å². The van der Waals surface area contributed by atoms with Crippen molar-refractivity contribution in [1.82, 2.24) is 4.90 Å². The highest BCUT2D eigenvalue weighted by atomic mass is 35.5. The summed E-state index contributed by atoms with van der Waals surface area (Å²) >= 11 is 11.7. The zero-order valence-corrected chi connectivity index (χ0v) is 15.8. The molecular weight excluding hydrogens is 395 g/mol. The molecule has 0 radical (unpaired) electrons. The first-order valence-corrected chi connectivity index (χ1v) is 8.48. The van der Waals surface area contributed by atoms with Crippen LogP contribution in [0.5, 0.6) is 0 Å². The molecule has 2 rings (SSSR count). The molecule has 0 bridgehead atoms. The van der Waals surface area contributed by atoms with Crippen LogP contribution in [-0.2, 0) is 9.59 Å². The highest BCUT2D eigenvalue weighted by molar-refractivity contribution is 6.33. The van der Waals surface area contributed by atoms with E-state index < -0.39 is 10.8 Å². The number of nitrogens with zero attached hydrogens (tertiary/aromatic N) is 2. The van der Waals surface area contributed by atoms with Gasteiger partial charge in [-0.1, -0.05) is 35.3 Å². The summed E-state index contributed by atoms with van der Waals surface area (Å²) in [5.41, 5.74) is 0.192. The number of amides is 2. The molecule has 0 aromatic heterocycles. The second-order valence-corrected chi connectivity index (χ2v) is 6.51. The highest BCUT2D eigenvalue weighted by Crippen LogP contribution is 2.27. The van der Waals surface area contributed by atoms with E-state index in [1.54, 1.807) is 31.3 Å². The van der Waals surface area contributed by atoms with Crippen molar-refractivity contribution in [3.8, 4) is 0 Å². The standard InChI is InChI=1S/C17H16Cl2N4O4/c1-22(9-16(24)20-13-5-3-2-4-12(13)19)10-17(25)21-14-7-6-11(18)8-15(14)23(26)27/h2-8H,9-10H2,1H3,(H,20,24)(H,21,25). The van der Waals surface area contributed by atoms with Gasteiger partial charge >= 0.3 is 0 Å². The number of hydrogen-bond acceptors (Lipinski definition) is 5. The second-order valence-electron chi connectivity index (χ2n) is 5.67. The van der Waals surface area contributed by atoms with E-state index >= 15 is 0 Å². The van der Waals surface area contributed by atoms with Crippen molar-refractivity contribution in [3.05, 3.63) is 62.6 Å². The van der Waals surface area contributed by atoms with Crippen molar-refractivity contribution >= 4 is 52.1 Å². The number of hydrogen-bond donors (Lipinski definition) is 2. The summed E-state index contributed by atoms with van der Waals surface area (Å²) in [5, 5.41) is 16.7. The summed E-state index contributed by atoms with van der Waals surface area (Å²) in [6, 6.07) is 10.7. The molecule has 0 heterocycles. The van der Waals surface area contributed by atoms with Gasteiger partial charge in [-0.05, 0) is 31.3 Å². The Balaban J connectivity index is 1.91. The van der Waals surface area contributed by atoms with Gasteiger partial charge in [-0.2, -0.15) is 0 Å². The maximum absolute atomic E-state index is 12.1. The quantitative estimate of drug-likeness (QED) is 0.537. The van der Waals surface area contributed by atoms with E-state index in [0.717, 1.165) is 6.07 Å². The smallest absolute Gasteiger partial charge is 0.294 e. The van der Waals surface area contributed by atoms with Gasteiger partial charge < -0.3 is 10.6 Å². The first-order valence-electron chi connectivity index (χ1n) is 7.73. The maximum atomic E-state index is 12.1. The Bertz CT molecular complexity index is 876. The lowest BCUT2D eigenvalue weighted by atomic mass is 10.2. The fraction of sp³-hybridized carbons (Fsp3) is 0.176. The molecule has 0 saturated carbocycles. The molecule has 0 aliphatic heterocycles. The molecule has 0 unspecified atom stereocenters. The number of likely N-dealkylation sites (N-methyl/N-ethyl adjacent to an activating group) is 1. The van der Waals surface area contributed by atoms with Crippen LogP contribution in [0.25, 0.3) is 0 Å². The van der Waals surface area contributed by atoms with Crippen molar-refractivity contribution in [3.63, 3.8) is 0 Å². The average molecular weight is 411 g/mol. The summed E-state index contributed by atoms with van der Waals surface area (Å²) in [7, 11) is 1.57. The Morgan fingerprint density at radius 3 is 2.22 bits per heavy atom. The topological polar surface area (TPSA) is 105 Å². The lowest BCUT2D eigenvalue weighted by Crippen LogP contribution is -2.36. The van der Waals surface area contributed by atoms with Gasteiger partial charge in [-0.3, -0.25) is 24.6 Å². The number of nitro benzene ring substituents is 1. The van der Waals surface area contributed by atoms with Crippen LogP contribution in [0.3, 0.4) is 0 Å². The van der Waals surface area contributed by atoms with Crippen LogP contribution in [0, 0.1) is 10.1 Å². The Hall–Kier alpha value is -2.68.